The summed E-state index contributed by atoms with van der Waals surface area (Å²) >= 11 is 7.31. The number of nitrogens with zero attached hydrogens (tertiary/aromatic N) is 6. The predicted octanol–water partition coefficient (Wildman–Crippen LogP) is 6.56. The number of hydrogen-bond donors (Lipinski definition) is 1. The predicted molar refractivity (Wildman–Crippen MR) is 179 cm³/mol. The third-order valence-electron chi connectivity index (χ3n) is 8.73. The molecule has 0 bridgehead atoms. The van der Waals surface area contributed by atoms with Crippen molar-refractivity contribution in [3.8, 4) is 22.9 Å². The number of nitriles is 1. The molecule has 46 heavy (non-hydrogen) atoms. The number of H-pyrrole nitrogens is 1. The van der Waals surface area contributed by atoms with Crippen molar-refractivity contribution >= 4 is 45.0 Å². The molecule has 1 aliphatic rings. The highest BCUT2D eigenvalue weighted by Gasteiger charge is 2.33. The second kappa shape index (κ2) is 11.7. The fourth-order valence-electron chi connectivity index (χ4n) is 6.64. The number of pyridine rings is 2. The lowest BCUT2D eigenvalue weighted by Gasteiger charge is -2.41. The Bertz CT molecular complexity index is 2180. The smallest absolute Gasteiger partial charge is 0.275 e. The number of aromatic amines is 1. The highest BCUT2D eigenvalue weighted by atomic mass is 35.5. The normalized spacial score (nSPS) is 15.2. The minimum atomic E-state index is -0.616. The average Bonchev–Trinajstić information content (AvgIpc) is 3.49. The van der Waals surface area contributed by atoms with Crippen molar-refractivity contribution in [3.05, 3.63) is 92.9 Å². The molecular formula is C35H33ClFN7O2. The Morgan fingerprint density at radius 1 is 1.24 bits per heavy atom. The summed E-state index contributed by atoms with van der Waals surface area (Å²) in [6, 6.07) is 8.79. The number of anilines is 1. The van der Waals surface area contributed by atoms with Gasteiger partial charge in [-0.05, 0) is 68.2 Å². The Kier molecular flexibility index (Phi) is 7.90. The van der Waals surface area contributed by atoms with E-state index in [0.717, 1.165) is 16.5 Å². The van der Waals surface area contributed by atoms with E-state index in [1.165, 1.54) is 16.7 Å². The van der Waals surface area contributed by atoms with E-state index in [0.29, 0.717) is 47.5 Å². The molecule has 0 spiro atoms. The second-order valence-electron chi connectivity index (χ2n) is 12.1. The quantitative estimate of drug-likeness (QED) is 0.219. The Labute approximate surface area is 270 Å². The summed E-state index contributed by atoms with van der Waals surface area (Å²) in [7, 11) is 0. The molecule has 5 aromatic rings. The topological polar surface area (TPSA) is 111 Å². The van der Waals surface area contributed by atoms with Crippen molar-refractivity contribution < 1.29 is 9.18 Å². The molecule has 2 aromatic carbocycles. The van der Waals surface area contributed by atoms with E-state index in [1.807, 2.05) is 51.7 Å². The molecule has 0 aliphatic carbocycles. The van der Waals surface area contributed by atoms with Gasteiger partial charge in [0.05, 0.1) is 39.3 Å². The summed E-state index contributed by atoms with van der Waals surface area (Å²) in [5, 5.41) is 18.8. The number of carbonyl (C=O) groups is 1. The highest BCUT2D eigenvalue weighted by Crippen LogP contribution is 2.44. The van der Waals surface area contributed by atoms with E-state index < -0.39 is 11.4 Å². The number of halogens is 2. The first-order chi connectivity index (χ1) is 22.0. The van der Waals surface area contributed by atoms with Crippen LogP contribution < -0.4 is 10.5 Å². The largest absolute Gasteiger partial charge is 0.366 e. The minimum Gasteiger partial charge on any atom is -0.366 e. The summed E-state index contributed by atoms with van der Waals surface area (Å²) in [6.45, 7) is 14.2. The van der Waals surface area contributed by atoms with Gasteiger partial charge in [-0.15, -0.1) is 0 Å². The van der Waals surface area contributed by atoms with Crippen molar-refractivity contribution in [2.75, 3.05) is 24.5 Å². The van der Waals surface area contributed by atoms with Crippen molar-refractivity contribution in [3.63, 3.8) is 0 Å². The van der Waals surface area contributed by atoms with Gasteiger partial charge in [-0.3, -0.25) is 24.2 Å². The number of amides is 1. The lowest BCUT2D eigenvalue weighted by Crippen LogP contribution is -2.54. The van der Waals surface area contributed by atoms with Crippen LogP contribution in [0.2, 0.25) is 5.02 Å². The van der Waals surface area contributed by atoms with Crippen LogP contribution in [0.25, 0.3) is 38.6 Å². The average molecular weight is 638 g/mol. The van der Waals surface area contributed by atoms with Gasteiger partial charge in [0.2, 0.25) is 5.91 Å². The van der Waals surface area contributed by atoms with E-state index in [2.05, 4.69) is 27.8 Å². The lowest BCUT2D eigenvalue weighted by atomic mass is 9.96. The van der Waals surface area contributed by atoms with Crippen molar-refractivity contribution in [1.82, 2.24) is 24.6 Å². The number of aromatic nitrogens is 4. The fraction of sp³-hybridized carbons (Fsp3) is 0.286. The van der Waals surface area contributed by atoms with Gasteiger partial charge in [-0.2, -0.15) is 10.4 Å². The SMILES string of the molecule is C=CC(=O)N1CCN(c2c(C#N)c(=O)n(-c3c(C)ccnc3C(C)C)c3c(Cl)c(-c4cc(C)cc5cn[nH]c45)c(F)cc23)CC1C. The van der Waals surface area contributed by atoms with E-state index in [9.17, 15) is 14.9 Å². The van der Waals surface area contributed by atoms with Gasteiger partial charge in [-0.1, -0.05) is 32.0 Å². The number of hydrogen-bond acceptors (Lipinski definition) is 6. The Morgan fingerprint density at radius 3 is 2.67 bits per heavy atom. The molecule has 0 saturated carbocycles. The van der Waals surface area contributed by atoms with Crippen molar-refractivity contribution in [2.45, 2.75) is 46.6 Å². The van der Waals surface area contributed by atoms with E-state index in [1.54, 1.807) is 23.4 Å². The van der Waals surface area contributed by atoms with Crippen molar-refractivity contribution in [2.24, 2.45) is 0 Å². The van der Waals surface area contributed by atoms with Crippen molar-refractivity contribution in [1.29, 1.82) is 5.26 Å². The summed E-state index contributed by atoms with van der Waals surface area (Å²) < 4.78 is 18.1. The van der Waals surface area contributed by atoms with Gasteiger partial charge >= 0.3 is 0 Å². The molecule has 1 N–H and O–H groups in total. The summed E-state index contributed by atoms with van der Waals surface area (Å²) in [4.78, 5) is 35.3. The number of piperazine rings is 1. The van der Waals surface area contributed by atoms with Crippen LogP contribution in [0.5, 0.6) is 0 Å². The Morgan fingerprint density at radius 2 is 2.00 bits per heavy atom. The maximum atomic E-state index is 16.6. The molecule has 3 aromatic heterocycles. The Balaban J connectivity index is 1.76. The third kappa shape index (κ3) is 4.83. The first-order valence-electron chi connectivity index (χ1n) is 15.1. The Hall–Kier alpha value is -5.01. The second-order valence-corrected chi connectivity index (χ2v) is 12.5. The zero-order chi connectivity index (χ0) is 33.0. The van der Waals surface area contributed by atoms with Crippen LogP contribution in [0, 0.1) is 31.0 Å². The zero-order valence-electron chi connectivity index (χ0n) is 26.3. The molecule has 4 heterocycles. The maximum Gasteiger partial charge on any atom is 0.275 e. The van der Waals surface area contributed by atoms with Crippen LogP contribution in [-0.2, 0) is 4.79 Å². The molecular weight excluding hydrogens is 605 g/mol. The lowest BCUT2D eigenvalue weighted by molar-refractivity contribution is -0.128. The molecule has 9 nitrogen and oxygen atoms in total. The molecule has 1 atom stereocenters. The fourth-order valence-corrected chi connectivity index (χ4v) is 7.02. The molecule has 1 aliphatic heterocycles. The molecule has 1 amide bonds. The number of carbonyl (C=O) groups excluding carboxylic acids is 1. The third-order valence-corrected chi connectivity index (χ3v) is 9.09. The molecule has 1 fully saturated rings. The van der Waals surface area contributed by atoms with Crippen LogP contribution in [0.4, 0.5) is 10.1 Å². The molecule has 234 valence electrons. The van der Waals surface area contributed by atoms with E-state index in [4.69, 9.17) is 11.6 Å². The molecule has 1 unspecified atom stereocenters. The number of fused-ring (bicyclic) bond motifs is 2. The van der Waals surface area contributed by atoms with E-state index in [-0.39, 0.29) is 45.2 Å². The van der Waals surface area contributed by atoms with Crippen LogP contribution in [0.3, 0.4) is 0 Å². The van der Waals surface area contributed by atoms with Crippen LogP contribution in [0.1, 0.15) is 49.1 Å². The van der Waals surface area contributed by atoms with Gasteiger partial charge < -0.3 is 9.80 Å². The van der Waals surface area contributed by atoms with Crippen LogP contribution >= 0.6 is 11.6 Å². The summed E-state index contributed by atoms with van der Waals surface area (Å²) in [5.41, 5.74) is 3.79. The van der Waals surface area contributed by atoms with Gasteiger partial charge in [0.1, 0.15) is 17.4 Å². The molecule has 1 saturated heterocycles. The maximum absolute atomic E-state index is 16.6. The van der Waals surface area contributed by atoms with Gasteiger partial charge in [0.25, 0.3) is 5.56 Å². The minimum absolute atomic E-state index is 0.0193. The van der Waals surface area contributed by atoms with Crippen LogP contribution in [0.15, 0.2) is 54.1 Å². The first-order valence-corrected chi connectivity index (χ1v) is 15.4. The molecule has 11 heteroatoms. The van der Waals surface area contributed by atoms with Crippen LogP contribution in [-0.4, -0.2) is 56.2 Å². The van der Waals surface area contributed by atoms with Gasteiger partial charge in [-0.25, -0.2) is 4.39 Å². The monoisotopic (exact) mass is 637 g/mol. The highest BCUT2D eigenvalue weighted by molar-refractivity contribution is 6.39. The first kappa shape index (κ1) is 31.0. The zero-order valence-corrected chi connectivity index (χ0v) is 27.0. The standard InChI is InChI=1S/C35H33ClFN7O2/c1-7-27(45)43-11-10-42(17-21(43)6)33-24-14-26(37)28(23-13-19(4)12-22-16-40-41-31(22)23)29(36)34(24)44(35(46)25(33)15-38)32-20(5)8-9-39-30(32)18(2)3/h7-9,12-14,16,18,21H,1,10-11,17H2,2-6H3,(H,40,41). The number of benzene rings is 2. The number of rotatable bonds is 5. The summed E-state index contributed by atoms with van der Waals surface area (Å²) in [5.74, 6) is -0.906. The molecule has 6 rings (SSSR count). The molecule has 0 radical (unpaired) electrons. The number of aryl methyl sites for hydroxylation is 2. The number of nitrogens with one attached hydrogen (secondary N) is 1. The van der Waals surface area contributed by atoms with Gasteiger partial charge in [0.15, 0.2) is 0 Å². The summed E-state index contributed by atoms with van der Waals surface area (Å²) in [6.07, 6.45) is 4.61. The van der Waals surface area contributed by atoms with Gasteiger partial charge in [0, 0.05) is 53.8 Å². The van der Waals surface area contributed by atoms with E-state index >= 15 is 4.39 Å².